The van der Waals surface area contributed by atoms with E-state index in [1.165, 1.54) is 12.3 Å². The van der Waals surface area contributed by atoms with Gasteiger partial charge in [0.2, 0.25) is 5.43 Å². The molecule has 0 spiro atoms. The molecule has 6 nitrogen and oxygen atoms in total. The van der Waals surface area contributed by atoms with Crippen LogP contribution < -0.4 is 10.7 Å². The summed E-state index contributed by atoms with van der Waals surface area (Å²) in [5.74, 6) is -1.96. The Morgan fingerprint density at radius 2 is 2.08 bits per heavy atom. The molecule has 0 saturated heterocycles. The molecule has 134 valence electrons. The molecule has 7 heteroatoms. The van der Waals surface area contributed by atoms with E-state index in [1.807, 2.05) is 6.92 Å². The molecule has 1 fully saturated rings. The molecule has 0 radical (unpaired) electrons. The maximum atomic E-state index is 14.5. The van der Waals surface area contributed by atoms with Crippen LogP contribution in [0.2, 0.25) is 0 Å². The van der Waals surface area contributed by atoms with Crippen molar-refractivity contribution in [1.82, 2.24) is 4.57 Å². The van der Waals surface area contributed by atoms with E-state index in [0.29, 0.717) is 18.5 Å². The Morgan fingerprint density at radius 1 is 1.36 bits per heavy atom. The molecule has 1 heterocycles. The number of hydrogen-bond donors (Lipinski definition) is 3. The number of aryl methyl sites for hydroxylation is 1. The second-order valence-electron chi connectivity index (χ2n) is 6.41. The number of hydrogen-bond acceptors (Lipinski definition) is 4. The predicted octanol–water partition coefficient (Wildman–Crippen LogP) is 2.57. The first-order chi connectivity index (χ1) is 11.9. The molecule has 1 saturated carbocycles. The topological polar surface area (TPSA) is 91.6 Å². The number of rotatable bonds is 4. The van der Waals surface area contributed by atoms with E-state index in [9.17, 15) is 19.1 Å². The number of carboxylic acids is 1. The van der Waals surface area contributed by atoms with Crippen LogP contribution in [0.15, 0.2) is 23.1 Å². The Bertz CT molecular complexity index is 877. The van der Waals surface area contributed by atoms with Gasteiger partial charge < -0.3 is 20.1 Å². The molecule has 2 aromatic rings. The minimum absolute atomic E-state index is 0.0361. The zero-order chi connectivity index (χ0) is 18.1. The lowest BCUT2D eigenvalue weighted by atomic mass is 9.92. The number of aromatic nitrogens is 1. The van der Waals surface area contributed by atoms with Crippen LogP contribution in [0.25, 0.3) is 10.9 Å². The number of anilines is 1. The van der Waals surface area contributed by atoms with Crippen LogP contribution in [0.5, 0.6) is 0 Å². The van der Waals surface area contributed by atoms with Crippen molar-refractivity contribution in [2.24, 2.45) is 0 Å². The number of fused-ring (bicyclic) bond motifs is 1. The Balaban J connectivity index is 2.10. The molecule has 1 aliphatic rings. The fraction of sp³-hybridized carbons (Fsp3) is 0.444. The fourth-order valence-corrected chi connectivity index (χ4v) is 3.41. The van der Waals surface area contributed by atoms with Crippen molar-refractivity contribution in [3.8, 4) is 0 Å². The van der Waals surface area contributed by atoms with Gasteiger partial charge in [-0.15, -0.1) is 0 Å². The summed E-state index contributed by atoms with van der Waals surface area (Å²) >= 11 is 0. The third-order valence-corrected chi connectivity index (χ3v) is 4.81. The van der Waals surface area contributed by atoms with Crippen molar-refractivity contribution >= 4 is 22.6 Å². The molecule has 25 heavy (non-hydrogen) atoms. The highest BCUT2D eigenvalue weighted by molar-refractivity contribution is 5.93. The van der Waals surface area contributed by atoms with E-state index in [-0.39, 0.29) is 22.7 Å². The average Bonchev–Trinajstić information content (AvgIpc) is 2.58. The van der Waals surface area contributed by atoms with Crippen molar-refractivity contribution in [3.63, 3.8) is 0 Å². The maximum Gasteiger partial charge on any atom is 0.341 e. The molecule has 0 amide bonds. The van der Waals surface area contributed by atoms with Crippen molar-refractivity contribution in [2.45, 2.75) is 51.3 Å². The first-order valence-corrected chi connectivity index (χ1v) is 8.47. The summed E-state index contributed by atoms with van der Waals surface area (Å²) in [5.41, 5.74) is -0.401. The highest BCUT2D eigenvalue weighted by Gasteiger charge is 2.24. The molecular weight excluding hydrogens is 327 g/mol. The van der Waals surface area contributed by atoms with Crippen molar-refractivity contribution in [1.29, 1.82) is 0 Å². The number of nitrogens with zero attached hydrogens (tertiary/aromatic N) is 1. The number of nitrogens with one attached hydrogen (secondary N) is 1. The quantitative estimate of drug-likeness (QED) is 0.790. The number of aliphatic hydroxyl groups excluding tert-OH is 1. The Labute approximate surface area is 143 Å². The lowest BCUT2D eigenvalue weighted by molar-refractivity contribution is 0.0694. The highest BCUT2D eigenvalue weighted by atomic mass is 19.1. The predicted molar refractivity (Wildman–Crippen MR) is 92.7 cm³/mol. The Hall–Kier alpha value is -2.41. The smallest absolute Gasteiger partial charge is 0.341 e. The van der Waals surface area contributed by atoms with E-state index >= 15 is 0 Å². The third-order valence-electron chi connectivity index (χ3n) is 4.81. The zero-order valence-electron chi connectivity index (χ0n) is 14.0. The second kappa shape index (κ2) is 6.84. The van der Waals surface area contributed by atoms with Crippen LogP contribution in [0.1, 0.15) is 43.0 Å². The SMILES string of the molecule is CCn1cc(C(=O)O)c(=O)c2cc(F)c(N[C@@H]3CCCC[C@@H]3O)cc21. The van der Waals surface area contributed by atoms with E-state index < -0.39 is 23.3 Å². The summed E-state index contributed by atoms with van der Waals surface area (Å²) in [6.45, 7) is 2.26. The Morgan fingerprint density at radius 3 is 2.72 bits per heavy atom. The van der Waals surface area contributed by atoms with E-state index in [2.05, 4.69) is 5.32 Å². The number of aliphatic hydroxyl groups is 1. The summed E-state index contributed by atoms with van der Waals surface area (Å²) in [5, 5.41) is 22.3. The van der Waals surface area contributed by atoms with Crippen molar-refractivity contribution < 1.29 is 19.4 Å². The van der Waals surface area contributed by atoms with Gasteiger partial charge in [-0.2, -0.15) is 0 Å². The standard InChI is InChI=1S/C18H21FN2O4/c1-2-21-9-11(18(24)25)17(23)10-7-12(19)14(8-15(10)21)20-13-5-3-4-6-16(13)22/h7-9,13,16,20,22H,2-6H2,1H3,(H,24,25)/t13-,16+/m1/s1. The van der Waals surface area contributed by atoms with Crippen LogP contribution in [-0.2, 0) is 6.54 Å². The summed E-state index contributed by atoms with van der Waals surface area (Å²) in [6, 6.07) is 2.36. The van der Waals surface area contributed by atoms with Gasteiger partial charge in [-0.25, -0.2) is 9.18 Å². The number of halogens is 1. The van der Waals surface area contributed by atoms with Gasteiger partial charge in [0, 0.05) is 18.1 Å². The fourth-order valence-electron chi connectivity index (χ4n) is 3.41. The molecule has 0 unspecified atom stereocenters. The van der Waals surface area contributed by atoms with Crippen LogP contribution in [-0.4, -0.2) is 32.9 Å². The Kier molecular flexibility index (Phi) is 4.76. The van der Waals surface area contributed by atoms with Crippen molar-refractivity contribution in [3.05, 3.63) is 39.9 Å². The molecule has 1 aromatic heterocycles. The van der Waals surface area contributed by atoms with E-state index in [0.717, 1.165) is 25.3 Å². The van der Waals surface area contributed by atoms with Gasteiger partial charge in [-0.1, -0.05) is 12.8 Å². The van der Waals surface area contributed by atoms with Crippen LogP contribution in [0, 0.1) is 5.82 Å². The molecule has 0 aliphatic heterocycles. The van der Waals surface area contributed by atoms with Gasteiger partial charge in [-0.3, -0.25) is 4.79 Å². The lowest BCUT2D eigenvalue weighted by Gasteiger charge is -2.29. The molecule has 3 N–H and O–H groups in total. The number of pyridine rings is 1. The van der Waals surface area contributed by atoms with Gasteiger partial charge in [0.25, 0.3) is 0 Å². The maximum absolute atomic E-state index is 14.5. The van der Waals surface area contributed by atoms with Crippen molar-refractivity contribution in [2.75, 3.05) is 5.32 Å². The number of benzene rings is 1. The monoisotopic (exact) mass is 348 g/mol. The lowest BCUT2D eigenvalue weighted by Crippen LogP contribution is -2.36. The average molecular weight is 348 g/mol. The van der Waals surface area contributed by atoms with Gasteiger partial charge in [-0.05, 0) is 31.9 Å². The number of aromatic carboxylic acids is 1. The van der Waals surface area contributed by atoms with Gasteiger partial charge in [0.1, 0.15) is 11.4 Å². The molecule has 0 bridgehead atoms. The highest BCUT2D eigenvalue weighted by Crippen LogP contribution is 2.26. The second-order valence-corrected chi connectivity index (χ2v) is 6.41. The van der Waals surface area contributed by atoms with Crippen LogP contribution in [0.3, 0.4) is 0 Å². The van der Waals surface area contributed by atoms with E-state index in [4.69, 9.17) is 5.11 Å². The van der Waals surface area contributed by atoms with Crippen LogP contribution >= 0.6 is 0 Å². The number of carbonyl (C=O) groups is 1. The van der Waals surface area contributed by atoms with Crippen LogP contribution in [0.4, 0.5) is 10.1 Å². The first kappa shape index (κ1) is 17.4. The molecule has 2 atom stereocenters. The molecular formula is C18H21FN2O4. The zero-order valence-corrected chi connectivity index (χ0v) is 14.0. The van der Waals surface area contributed by atoms with Gasteiger partial charge >= 0.3 is 5.97 Å². The first-order valence-electron chi connectivity index (χ1n) is 8.47. The summed E-state index contributed by atoms with van der Waals surface area (Å²) < 4.78 is 16.1. The molecule has 1 aliphatic carbocycles. The summed E-state index contributed by atoms with van der Waals surface area (Å²) in [7, 11) is 0. The minimum Gasteiger partial charge on any atom is -0.477 e. The largest absolute Gasteiger partial charge is 0.477 e. The summed E-state index contributed by atoms with van der Waals surface area (Å²) in [4.78, 5) is 23.6. The number of carboxylic acid groups (broad SMARTS) is 1. The molecule has 1 aromatic carbocycles. The normalized spacial score (nSPS) is 20.6. The molecule has 3 rings (SSSR count). The van der Waals surface area contributed by atoms with Gasteiger partial charge in [0.15, 0.2) is 0 Å². The minimum atomic E-state index is -1.33. The van der Waals surface area contributed by atoms with E-state index in [1.54, 1.807) is 4.57 Å². The summed E-state index contributed by atoms with van der Waals surface area (Å²) in [6.07, 6.45) is 4.08. The third kappa shape index (κ3) is 3.24. The van der Waals surface area contributed by atoms with Gasteiger partial charge in [0.05, 0.1) is 23.3 Å².